The van der Waals surface area contributed by atoms with Crippen LogP contribution in [0.4, 0.5) is 23.0 Å². The van der Waals surface area contributed by atoms with E-state index in [9.17, 15) is 9.59 Å². The zero-order valence-electron chi connectivity index (χ0n) is 31.4. The number of nitrogens with zero attached hydrogens (tertiary/aromatic N) is 6. The molecule has 296 valence electrons. The molecule has 57 heavy (non-hydrogen) atoms. The first-order chi connectivity index (χ1) is 27.3. The Labute approximate surface area is 349 Å². The van der Waals surface area contributed by atoms with Gasteiger partial charge in [0.1, 0.15) is 11.6 Å². The molecule has 4 aromatic carbocycles. The van der Waals surface area contributed by atoms with E-state index in [4.69, 9.17) is 23.2 Å². The van der Waals surface area contributed by atoms with Gasteiger partial charge in [-0.15, -0.1) is 0 Å². The van der Waals surface area contributed by atoms with Gasteiger partial charge in [0.25, 0.3) is 0 Å². The molecule has 0 spiro atoms. The number of amides is 2. The van der Waals surface area contributed by atoms with Crippen LogP contribution < -0.4 is 20.4 Å². The van der Waals surface area contributed by atoms with Crippen molar-refractivity contribution in [3.05, 3.63) is 105 Å². The van der Waals surface area contributed by atoms with Crippen LogP contribution in [0.15, 0.2) is 72.8 Å². The van der Waals surface area contributed by atoms with Crippen molar-refractivity contribution in [2.24, 2.45) is 0 Å². The van der Waals surface area contributed by atoms with Crippen molar-refractivity contribution in [1.29, 1.82) is 0 Å². The number of fused-ring (bicyclic) bond motifs is 4. The molecule has 0 atom stereocenters. The summed E-state index contributed by atoms with van der Waals surface area (Å²) in [4.78, 5) is 32.9. The van der Waals surface area contributed by atoms with Gasteiger partial charge in [-0.05, 0) is 94.6 Å². The van der Waals surface area contributed by atoms with E-state index in [-0.39, 0.29) is 17.3 Å². The Balaban J connectivity index is 0.000000157. The van der Waals surface area contributed by atoms with Crippen LogP contribution in [0, 0.1) is 0 Å². The third-order valence-electron chi connectivity index (χ3n) is 11.2. The molecule has 15 heteroatoms. The second kappa shape index (κ2) is 17.3. The fourth-order valence-electron chi connectivity index (χ4n) is 8.11. The third kappa shape index (κ3) is 8.61. The van der Waals surface area contributed by atoms with E-state index >= 15 is 0 Å². The van der Waals surface area contributed by atoms with E-state index in [1.165, 1.54) is 20.2 Å². The summed E-state index contributed by atoms with van der Waals surface area (Å²) in [6.45, 7) is 10.0. The summed E-state index contributed by atoms with van der Waals surface area (Å²) in [6, 6.07) is 24.9. The normalized spacial score (nSPS) is 16.9. The van der Waals surface area contributed by atoms with Gasteiger partial charge in [-0.1, -0.05) is 59.6 Å². The average molecular weight is 844 g/mol. The highest BCUT2D eigenvalue weighted by Crippen LogP contribution is 2.34. The zero-order chi connectivity index (χ0) is 38.2. The summed E-state index contributed by atoms with van der Waals surface area (Å²) in [7, 11) is 0. The van der Waals surface area contributed by atoms with Crippen LogP contribution in [-0.2, 0) is 35.3 Å². The van der Waals surface area contributed by atoms with Crippen LogP contribution in [-0.4, -0.2) is 101 Å². The molecule has 10 rings (SSSR count). The van der Waals surface area contributed by atoms with Gasteiger partial charge in [-0.3, -0.25) is 19.4 Å². The van der Waals surface area contributed by atoms with E-state index in [0.29, 0.717) is 12.8 Å². The standard InChI is InChI=1S/2C21H21ClN4OS.H2O/c2*22-17-13-18-15(12-20(27)23-18)11-14(17)5-6-25-7-9-26(10-8-25)21-16-3-1-2-4-19(16)28-24-21;/h2*1-4,11,13H,5-10,12H2,(H,23,27);1H2. The monoisotopic (exact) mass is 842 g/mol. The maximum absolute atomic E-state index is 11.6. The van der Waals surface area contributed by atoms with Gasteiger partial charge in [0.15, 0.2) is 0 Å². The molecule has 6 aromatic rings. The highest BCUT2D eigenvalue weighted by Gasteiger charge is 2.25. The van der Waals surface area contributed by atoms with Gasteiger partial charge in [0.05, 0.1) is 22.2 Å². The summed E-state index contributed by atoms with van der Waals surface area (Å²) in [5.41, 5.74) is 6.11. The Kier molecular flexibility index (Phi) is 12.0. The Hall–Kier alpha value is -4.34. The number of piperazine rings is 2. The first kappa shape index (κ1) is 39.5. The van der Waals surface area contributed by atoms with Gasteiger partial charge in [0.2, 0.25) is 11.8 Å². The molecule has 4 aliphatic rings. The summed E-state index contributed by atoms with van der Waals surface area (Å²) in [6.07, 6.45) is 2.72. The molecule has 2 saturated heterocycles. The SMILES string of the molecule is O.O=C1Cc2cc(CCN3CCN(c4nsc5ccccc45)CC3)c(Cl)cc2N1.O=C1Cc2cc(CCN3CCN(c4nsc5ccccc45)CC3)c(Cl)cc2N1. The number of aromatic nitrogens is 2. The maximum atomic E-state index is 11.6. The average Bonchev–Trinajstić information content (AvgIpc) is 4.01. The molecular weight excluding hydrogens is 800 g/mol. The Morgan fingerprint density at radius 2 is 0.982 bits per heavy atom. The van der Waals surface area contributed by atoms with Gasteiger partial charge in [-0.2, -0.15) is 8.75 Å². The molecule has 0 aliphatic carbocycles. The molecule has 4 aliphatic heterocycles. The van der Waals surface area contributed by atoms with Crippen molar-refractivity contribution < 1.29 is 15.1 Å². The lowest BCUT2D eigenvalue weighted by atomic mass is 10.1. The lowest BCUT2D eigenvalue weighted by molar-refractivity contribution is -0.115. The maximum Gasteiger partial charge on any atom is 0.228 e. The van der Waals surface area contributed by atoms with Crippen LogP contribution in [0.3, 0.4) is 0 Å². The molecule has 0 unspecified atom stereocenters. The molecule has 2 fully saturated rings. The summed E-state index contributed by atoms with van der Waals surface area (Å²) >= 11 is 16.0. The van der Waals surface area contributed by atoms with E-state index in [2.05, 4.69) is 99.6 Å². The Morgan fingerprint density at radius 3 is 1.40 bits per heavy atom. The van der Waals surface area contributed by atoms with Crippen LogP contribution in [0.2, 0.25) is 10.0 Å². The van der Waals surface area contributed by atoms with Crippen molar-refractivity contribution in [3.63, 3.8) is 0 Å². The predicted molar refractivity (Wildman–Crippen MR) is 235 cm³/mol. The van der Waals surface area contributed by atoms with Crippen LogP contribution in [0.1, 0.15) is 22.3 Å². The number of carbonyl (C=O) groups is 2. The minimum absolute atomic E-state index is 0. The van der Waals surface area contributed by atoms with Crippen molar-refractivity contribution in [2.75, 3.05) is 85.9 Å². The van der Waals surface area contributed by atoms with E-state index in [1.54, 1.807) is 23.1 Å². The molecule has 0 radical (unpaired) electrons. The number of nitrogens with one attached hydrogen (secondary N) is 2. The second-order valence-electron chi connectivity index (χ2n) is 14.8. The summed E-state index contributed by atoms with van der Waals surface area (Å²) in [5, 5.41) is 9.72. The molecule has 0 bridgehead atoms. The predicted octanol–water partition coefficient (Wildman–Crippen LogP) is 6.79. The fourth-order valence-corrected chi connectivity index (χ4v) is 10.2. The van der Waals surface area contributed by atoms with Gasteiger partial charge in [0, 0.05) is 97.6 Å². The molecule has 0 saturated carbocycles. The van der Waals surface area contributed by atoms with Crippen LogP contribution >= 0.6 is 46.3 Å². The minimum atomic E-state index is 0. The smallest absolute Gasteiger partial charge is 0.228 e. The number of hydrogen-bond acceptors (Lipinski definition) is 10. The first-order valence-corrected chi connectivity index (χ1v) is 21.5. The first-order valence-electron chi connectivity index (χ1n) is 19.2. The van der Waals surface area contributed by atoms with Gasteiger partial charge < -0.3 is 25.9 Å². The lowest BCUT2D eigenvalue weighted by Gasteiger charge is -2.35. The second-order valence-corrected chi connectivity index (χ2v) is 17.2. The van der Waals surface area contributed by atoms with Gasteiger partial charge >= 0.3 is 0 Å². The largest absolute Gasteiger partial charge is 0.412 e. The zero-order valence-corrected chi connectivity index (χ0v) is 34.5. The molecule has 2 amide bonds. The van der Waals surface area contributed by atoms with Crippen molar-refractivity contribution >= 4 is 101 Å². The number of benzene rings is 4. The van der Waals surface area contributed by atoms with E-state index in [0.717, 1.165) is 134 Å². The quantitative estimate of drug-likeness (QED) is 0.172. The van der Waals surface area contributed by atoms with Crippen molar-refractivity contribution in [3.8, 4) is 0 Å². The van der Waals surface area contributed by atoms with Crippen LogP contribution in [0.5, 0.6) is 0 Å². The van der Waals surface area contributed by atoms with Crippen molar-refractivity contribution in [2.45, 2.75) is 25.7 Å². The molecule has 6 heterocycles. The number of hydrogen-bond donors (Lipinski definition) is 2. The summed E-state index contributed by atoms with van der Waals surface area (Å²) in [5.74, 6) is 2.35. The molecule has 11 nitrogen and oxygen atoms in total. The Morgan fingerprint density at radius 1 is 0.579 bits per heavy atom. The van der Waals surface area contributed by atoms with E-state index < -0.39 is 0 Å². The Bertz CT molecular complexity index is 2260. The fraction of sp³-hybridized carbons (Fsp3) is 0.333. The highest BCUT2D eigenvalue weighted by molar-refractivity contribution is 7.14. The van der Waals surface area contributed by atoms with Gasteiger partial charge in [-0.25, -0.2) is 0 Å². The molecule has 4 N–H and O–H groups in total. The topological polar surface area (TPSA) is 128 Å². The number of halogens is 2. The third-order valence-corrected chi connectivity index (χ3v) is 13.6. The van der Waals surface area contributed by atoms with Crippen molar-refractivity contribution in [1.82, 2.24) is 18.5 Å². The molecule has 2 aromatic heterocycles. The van der Waals surface area contributed by atoms with Crippen LogP contribution in [0.25, 0.3) is 20.2 Å². The highest BCUT2D eigenvalue weighted by atomic mass is 35.5. The minimum Gasteiger partial charge on any atom is -0.412 e. The van der Waals surface area contributed by atoms with E-state index in [1.807, 2.05) is 12.1 Å². The number of anilines is 4. The lowest BCUT2D eigenvalue weighted by Crippen LogP contribution is -2.47. The number of rotatable bonds is 8. The summed E-state index contributed by atoms with van der Waals surface area (Å²) < 4.78 is 11.9. The molecular formula is C42H44Cl2N8O3S2. The number of carbonyl (C=O) groups excluding carboxylic acids is 2.